The average molecular weight is 1010 g/mol. The Morgan fingerprint density at radius 1 is 0.278 bits per heavy atom. The topological polar surface area (TPSA) is 78.9 Å². The molecule has 0 radical (unpaired) electrons. The zero-order chi connectivity index (χ0) is 52.2. The molecule has 72 heavy (non-hydrogen) atoms. The molecule has 0 aliphatic carbocycles. The van der Waals surface area contributed by atoms with E-state index in [2.05, 4.69) is 69.4 Å². The molecule has 0 amide bonds. The molecule has 0 fully saturated rings. The predicted molar refractivity (Wildman–Crippen MR) is 312 cm³/mol. The van der Waals surface area contributed by atoms with Crippen molar-refractivity contribution in [2.75, 3.05) is 13.2 Å². The van der Waals surface area contributed by atoms with E-state index in [4.69, 9.17) is 14.2 Å². The SMILES string of the molecule is CCCCC/C=C\CCCCCCCC(=O)OCC(COC(=O)CCCCCCCCCCCC/C=C\C/C=C\C/C=C\CCCCCCC)OC(=O)CCCCCCCCCCCCCCCCCCC. The van der Waals surface area contributed by atoms with Gasteiger partial charge in [0, 0.05) is 19.3 Å². The normalized spacial score (nSPS) is 12.3. The van der Waals surface area contributed by atoms with E-state index in [1.54, 1.807) is 0 Å². The largest absolute Gasteiger partial charge is 0.462 e. The molecule has 0 saturated carbocycles. The summed E-state index contributed by atoms with van der Waals surface area (Å²) in [5.41, 5.74) is 0. The molecular formula is C66H120O6. The summed E-state index contributed by atoms with van der Waals surface area (Å²) in [4.78, 5) is 38.2. The third-order valence-electron chi connectivity index (χ3n) is 14.1. The monoisotopic (exact) mass is 1010 g/mol. The Morgan fingerprint density at radius 3 is 0.819 bits per heavy atom. The van der Waals surface area contributed by atoms with Gasteiger partial charge < -0.3 is 14.2 Å². The van der Waals surface area contributed by atoms with E-state index in [0.717, 1.165) is 77.0 Å². The molecule has 0 rings (SSSR count). The van der Waals surface area contributed by atoms with Gasteiger partial charge in [-0.3, -0.25) is 14.4 Å². The van der Waals surface area contributed by atoms with Crippen molar-refractivity contribution in [2.24, 2.45) is 0 Å². The van der Waals surface area contributed by atoms with Crippen molar-refractivity contribution in [1.29, 1.82) is 0 Å². The Hall–Kier alpha value is -2.63. The molecule has 0 heterocycles. The fourth-order valence-electron chi connectivity index (χ4n) is 9.27. The summed E-state index contributed by atoms with van der Waals surface area (Å²) in [6, 6.07) is 0. The van der Waals surface area contributed by atoms with Crippen LogP contribution in [0.2, 0.25) is 0 Å². The Kier molecular flexibility index (Phi) is 58.7. The van der Waals surface area contributed by atoms with Crippen LogP contribution in [0.1, 0.15) is 335 Å². The number of ether oxygens (including phenoxy) is 3. The molecule has 0 saturated heterocycles. The summed E-state index contributed by atoms with van der Waals surface area (Å²) in [6.07, 6.45) is 75.4. The highest BCUT2D eigenvalue weighted by Gasteiger charge is 2.19. The number of esters is 3. The Balaban J connectivity index is 4.26. The number of rotatable bonds is 58. The van der Waals surface area contributed by atoms with Gasteiger partial charge in [0.05, 0.1) is 0 Å². The molecule has 6 heteroatoms. The molecule has 1 atom stereocenters. The lowest BCUT2D eigenvalue weighted by atomic mass is 10.0. The van der Waals surface area contributed by atoms with Gasteiger partial charge in [-0.25, -0.2) is 0 Å². The maximum absolute atomic E-state index is 12.9. The van der Waals surface area contributed by atoms with Gasteiger partial charge in [0.2, 0.25) is 0 Å². The molecular weight excluding hydrogens is 889 g/mol. The molecule has 0 aliphatic rings. The number of carbonyl (C=O) groups is 3. The minimum atomic E-state index is -0.776. The Morgan fingerprint density at radius 2 is 0.500 bits per heavy atom. The van der Waals surface area contributed by atoms with Gasteiger partial charge in [-0.05, 0) is 83.5 Å². The second kappa shape index (κ2) is 60.9. The first-order valence-electron chi connectivity index (χ1n) is 31.6. The van der Waals surface area contributed by atoms with E-state index in [9.17, 15) is 14.4 Å². The van der Waals surface area contributed by atoms with Gasteiger partial charge in [-0.1, -0.05) is 281 Å². The van der Waals surface area contributed by atoms with E-state index >= 15 is 0 Å². The smallest absolute Gasteiger partial charge is 0.306 e. The van der Waals surface area contributed by atoms with Crippen LogP contribution in [0.5, 0.6) is 0 Å². The molecule has 420 valence electrons. The van der Waals surface area contributed by atoms with Crippen molar-refractivity contribution in [3.63, 3.8) is 0 Å². The number of unbranched alkanes of at least 4 members (excludes halogenated alkanes) is 39. The number of hydrogen-bond acceptors (Lipinski definition) is 6. The van der Waals surface area contributed by atoms with Gasteiger partial charge in [-0.15, -0.1) is 0 Å². The highest BCUT2D eigenvalue weighted by molar-refractivity contribution is 5.71. The van der Waals surface area contributed by atoms with Crippen LogP contribution in [0.4, 0.5) is 0 Å². The van der Waals surface area contributed by atoms with Crippen molar-refractivity contribution in [3.05, 3.63) is 48.6 Å². The third kappa shape index (κ3) is 58.3. The minimum Gasteiger partial charge on any atom is -0.462 e. The minimum absolute atomic E-state index is 0.0744. The van der Waals surface area contributed by atoms with Crippen molar-refractivity contribution >= 4 is 17.9 Å². The highest BCUT2D eigenvalue weighted by Crippen LogP contribution is 2.17. The molecule has 0 spiro atoms. The highest BCUT2D eigenvalue weighted by atomic mass is 16.6. The predicted octanol–water partition coefficient (Wildman–Crippen LogP) is 21.4. The lowest BCUT2D eigenvalue weighted by Gasteiger charge is -2.18. The standard InChI is InChI=1S/C66H120O6/c1-4-7-10-13-16-19-22-25-27-29-30-31-32-33-34-35-36-38-39-41-44-47-50-53-56-59-65(68)71-62-63(61-70-64(67)58-55-52-49-46-43-24-21-18-15-12-9-6-3)72-66(69)60-57-54-51-48-45-42-40-37-28-26-23-20-17-14-11-8-5-2/h18,21-22,25,29-30,32-33,63H,4-17,19-20,23-24,26-28,31,34-62H2,1-3H3/b21-18-,25-22-,30-29-,33-32-. The summed E-state index contributed by atoms with van der Waals surface area (Å²) < 4.78 is 16.9. The van der Waals surface area contributed by atoms with Crippen LogP contribution < -0.4 is 0 Å². The maximum Gasteiger partial charge on any atom is 0.306 e. The number of hydrogen-bond donors (Lipinski definition) is 0. The van der Waals surface area contributed by atoms with Crippen LogP contribution in [-0.4, -0.2) is 37.2 Å². The average Bonchev–Trinajstić information content (AvgIpc) is 3.38. The first kappa shape index (κ1) is 69.4. The van der Waals surface area contributed by atoms with E-state index in [1.807, 2.05) is 0 Å². The van der Waals surface area contributed by atoms with Gasteiger partial charge in [0.15, 0.2) is 6.10 Å². The molecule has 0 aromatic heterocycles. The van der Waals surface area contributed by atoms with E-state index in [-0.39, 0.29) is 31.1 Å². The van der Waals surface area contributed by atoms with E-state index in [0.29, 0.717) is 19.3 Å². The summed E-state index contributed by atoms with van der Waals surface area (Å²) in [7, 11) is 0. The molecule has 0 aromatic rings. The van der Waals surface area contributed by atoms with E-state index < -0.39 is 6.10 Å². The summed E-state index contributed by atoms with van der Waals surface area (Å²) in [5, 5.41) is 0. The van der Waals surface area contributed by atoms with Gasteiger partial charge in [0.25, 0.3) is 0 Å². The van der Waals surface area contributed by atoms with E-state index in [1.165, 1.54) is 218 Å². The zero-order valence-electron chi connectivity index (χ0n) is 48.2. The van der Waals surface area contributed by atoms with Crippen LogP contribution >= 0.6 is 0 Å². The quantitative estimate of drug-likeness (QED) is 0.0261. The van der Waals surface area contributed by atoms with Crippen molar-refractivity contribution < 1.29 is 28.6 Å². The Bertz CT molecular complexity index is 1250. The van der Waals surface area contributed by atoms with Crippen LogP contribution in [0.25, 0.3) is 0 Å². The fourth-order valence-corrected chi connectivity index (χ4v) is 9.27. The van der Waals surface area contributed by atoms with Gasteiger partial charge >= 0.3 is 17.9 Å². The summed E-state index contributed by atoms with van der Waals surface area (Å²) in [5.74, 6) is -0.868. The van der Waals surface area contributed by atoms with Gasteiger partial charge in [0.1, 0.15) is 13.2 Å². The molecule has 6 nitrogen and oxygen atoms in total. The second-order valence-electron chi connectivity index (χ2n) is 21.3. The first-order chi connectivity index (χ1) is 35.5. The van der Waals surface area contributed by atoms with Gasteiger partial charge in [-0.2, -0.15) is 0 Å². The number of carbonyl (C=O) groups excluding carboxylic acids is 3. The van der Waals surface area contributed by atoms with Crippen molar-refractivity contribution in [2.45, 2.75) is 341 Å². The van der Waals surface area contributed by atoms with Crippen LogP contribution in [0.3, 0.4) is 0 Å². The first-order valence-corrected chi connectivity index (χ1v) is 31.6. The summed E-state index contributed by atoms with van der Waals surface area (Å²) >= 11 is 0. The third-order valence-corrected chi connectivity index (χ3v) is 14.1. The number of allylic oxidation sites excluding steroid dienone is 8. The van der Waals surface area contributed by atoms with Crippen LogP contribution in [-0.2, 0) is 28.6 Å². The zero-order valence-corrected chi connectivity index (χ0v) is 48.2. The van der Waals surface area contributed by atoms with Crippen molar-refractivity contribution in [1.82, 2.24) is 0 Å². The fraction of sp³-hybridized carbons (Fsp3) is 0.833. The molecule has 1 unspecified atom stereocenters. The summed E-state index contributed by atoms with van der Waals surface area (Å²) in [6.45, 7) is 6.64. The molecule has 0 N–H and O–H groups in total. The Labute approximate surface area is 448 Å². The lowest BCUT2D eigenvalue weighted by Crippen LogP contribution is -2.30. The van der Waals surface area contributed by atoms with Crippen LogP contribution in [0, 0.1) is 0 Å². The van der Waals surface area contributed by atoms with Crippen LogP contribution in [0.15, 0.2) is 48.6 Å². The molecule has 0 aromatic carbocycles. The molecule has 0 aliphatic heterocycles. The maximum atomic E-state index is 12.9. The lowest BCUT2D eigenvalue weighted by molar-refractivity contribution is -0.167. The molecule has 0 bridgehead atoms. The second-order valence-corrected chi connectivity index (χ2v) is 21.3. The van der Waals surface area contributed by atoms with Crippen molar-refractivity contribution in [3.8, 4) is 0 Å².